The Morgan fingerprint density at radius 1 is 0.970 bits per heavy atom. The number of carbonyl (C=O) groups excluding carboxylic acids is 1. The molecule has 0 radical (unpaired) electrons. The first-order chi connectivity index (χ1) is 14.7. The standard InChI is InChI=1S/C13H19N.C10H12O.C3H5BF2.FH.K/c1-3-10-13(2,14)11-9-12-7-5-4-6-8-12;1-9(11)7-8-10-5-3-2-4-6-10;1-2-3-4(5)6;;/h3-8H,1,9-11,14H2,2H3;2-6H,7-8H2,1H3;2H,1,3H2;1H;/q;;;;+1/p-1. The van der Waals surface area contributed by atoms with Gasteiger partial charge >= 0.3 is 58.7 Å². The molecule has 0 saturated heterocycles. The van der Waals surface area contributed by atoms with Crippen LogP contribution in [0, 0.1) is 0 Å². The maximum absolute atomic E-state index is 11.0. The first-order valence-corrected chi connectivity index (χ1v) is 10.6. The van der Waals surface area contributed by atoms with Crippen molar-refractivity contribution in [2.24, 2.45) is 5.73 Å². The third kappa shape index (κ3) is 24.0. The normalized spacial score (nSPS) is 10.8. The molecule has 7 heteroatoms. The second-order valence-electron chi connectivity index (χ2n) is 7.74. The molecule has 0 bridgehead atoms. The largest absolute Gasteiger partial charge is 1.00 e. The maximum Gasteiger partial charge on any atom is 1.00 e. The molecule has 0 aliphatic heterocycles. The van der Waals surface area contributed by atoms with E-state index in [9.17, 15) is 13.4 Å². The third-order valence-electron chi connectivity index (χ3n) is 4.39. The minimum Gasteiger partial charge on any atom is -1.00 e. The van der Waals surface area contributed by atoms with Gasteiger partial charge in [-0.05, 0) is 50.7 Å². The van der Waals surface area contributed by atoms with Gasteiger partial charge < -0.3 is 15.2 Å². The molecule has 1 atom stereocenters. The number of benzene rings is 2. The summed E-state index contributed by atoms with van der Waals surface area (Å²) in [6.07, 6.45) is 7.35. The van der Waals surface area contributed by atoms with Gasteiger partial charge in [-0.3, -0.25) is 8.63 Å². The van der Waals surface area contributed by atoms with Gasteiger partial charge in [0.15, 0.2) is 0 Å². The van der Waals surface area contributed by atoms with Crippen LogP contribution in [-0.4, -0.2) is 18.6 Å². The van der Waals surface area contributed by atoms with Crippen LogP contribution in [0.1, 0.15) is 44.2 Å². The van der Waals surface area contributed by atoms with Crippen molar-refractivity contribution in [2.45, 2.75) is 57.8 Å². The number of hydrogen-bond donors (Lipinski definition) is 1. The second-order valence-corrected chi connectivity index (χ2v) is 7.74. The van der Waals surface area contributed by atoms with Gasteiger partial charge in [-0.1, -0.05) is 72.8 Å². The summed E-state index contributed by atoms with van der Waals surface area (Å²) in [5, 5.41) is 0. The Bertz CT molecular complexity index is 744. The Kier molecular flexibility index (Phi) is 25.3. The fourth-order valence-corrected chi connectivity index (χ4v) is 2.60. The van der Waals surface area contributed by atoms with Gasteiger partial charge in [0.1, 0.15) is 5.78 Å². The molecule has 0 aliphatic carbocycles. The molecule has 176 valence electrons. The van der Waals surface area contributed by atoms with Crippen LogP contribution in [-0.2, 0) is 17.6 Å². The van der Waals surface area contributed by atoms with Crippen molar-refractivity contribution in [3.05, 3.63) is 97.1 Å². The topological polar surface area (TPSA) is 43.1 Å². The second kappa shape index (κ2) is 22.8. The number of hydrogen-bond acceptors (Lipinski definition) is 2. The Labute approximate surface area is 241 Å². The molecule has 33 heavy (non-hydrogen) atoms. The first-order valence-electron chi connectivity index (χ1n) is 10.6. The SMILES string of the molecule is C=CCB(F)F.C=CCC(C)(N)CCc1ccccc1.CC(=O)CCc1ccccc1.[F-].[K+]. The molecular weight excluding hydrogens is 449 g/mol. The zero-order valence-electron chi connectivity index (χ0n) is 20.3. The van der Waals surface area contributed by atoms with Gasteiger partial charge in [0.05, 0.1) is 0 Å². The molecule has 0 saturated carbocycles. The van der Waals surface area contributed by atoms with Crippen LogP contribution in [0.25, 0.3) is 0 Å². The Hall–Kier alpha value is -0.959. The van der Waals surface area contributed by atoms with Crippen LogP contribution in [0.3, 0.4) is 0 Å². The molecule has 2 nitrogen and oxygen atoms in total. The van der Waals surface area contributed by atoms with Crippen LogP contribution in [0.15, 0.2) is 86.0 Å². The van der Waals surface area contributed by atoms with Gasteiger partial charge in [-0.25, -0.2) is 0 Å². The predicted octanol–water partition coefficient (Wildman–Crippen LogP) is 0.729. The summed E-state index contributed by atoms with van der Waals surface area (Å²) in [6.45, 7) is 10.6. The van der Waals surface area contributed by atoms with Crippen LogP contribution >= 0.6 is 0 Å². The summed E-state index contributed by atoms with van der Waals surface area (Å²) >= 11 is 0. The quantitative estimate of drug-likeness (QED) is 0.399. The molecule has 2 rings (SSSR count). The van der Waals surface area contributed by atoms with E-state index in [1.165, 1.54) is 17.2 Å². The minimum absolute atomic E-state index is 0. The van der Waals surface area contributed by atoms with E-state index in [1.54, 1.807) is 6.92 Å². The van der Waals surface area contributed by atoms with E-state index in [0.29, 0.717) is 6.42 Å². The van der Waals surface area contributed by atoms with Crippen LogP contribution in [0.2, 0.25) is 6.32 Å². The van der Waals surface area contributed by atoms with E-state index in [4.69, 9.17) is 5.73 Å². The molecule has 0 aliphatic rings. The van der Waals surface area contributed by atoms with Crippen molar-refractivity contribution in [3.8, 4) is 0 Å². The number of rotatable bonds is 10. The van der Waals surface area contributed by atoms with E-state index in [-0.39, 0.29) is 73.7 Å². The first kappa shape index (κ1) is 36.6. The molecular formula is C26H36BF3KNO. The zero-order chi connectivity index (χ0) is 23.5. The van der Waals surface area contributed by atoms with Gasteiger partial charge in [-0.15, -0.1) is 13.2 Å². The molecule has 0 spiro atoms. The predicted molar refractivity (Wildman–Crippen MR) is 131 cm³/mol. The fraction of sp³-hybridized carbons (Fsp3) is 0.346. The Morgan fingerprint density at radius 3 is 1.76 bits per heavy atom. The van der Waals surface area contributed by atoms with Crippen LogP contribution in [0.4, 0.5) is 8.63 Å². The monoisotopic (exact) mass is 485 g/mol. The molecule has 2 N–H and O–H groups in total. The van der Waals surface area contributed by atoms with Crippen molar-refractivity contribution in [2.75, 3.05) is 0 Å². The number of Topliss-reactive ketones (excluding diaryl/α,β-unsaturated/α-hetero) is 1. The number of nitrogens with two attached hydrogens (primary N) is 1. The molecule has 1 unspecified atom stereocenters. The summed E-state index contributed by atoms with van der Waals surface area (Å²) in [6, 6.07) is 20.5. The van der Waals surface area contributed by atoms with E-state index in [1.807, 2.05) is 42.5 Å². The third-order valence-corrected chi connectivity index (χ3v) is 4.39. The molecule has 0 amide bonds. The maximum atomic E-state index is 11.0. The van der Waals surface area contributed by atoms with E-state index < -0.39 is 7.27 Å². The Balaban J connectivity index is -0.000000427. The van der Waals surface area contributed by atoms with E-state index in [2.05, 4.69) is 44.3 Å². The number of halogens is 3. The average molecular weight is 485 g/mol. The van der Waals surface area contributed by atoms with Gasteiger partial charge in [0, 0.05) is 18.3 Å². The summed E-state index contributed by atoms with van der Waals surface area (Å²) in [5.74, 6) is 0.258. The minimum atomic E-state index is -2.22. The van der Waals surface area contributed by atoms with Gasteiger partial charge in [0.25, 0.3) is 0 Å². The number of allylic oxidation sites excluding steroid dienone is 1. The van der Waals surface area contributed by atoms with E-state index >= 15 is 0 Å². The number of carbonyl (C=O) groups is 1. The molecule has 0 fully saturated rings. The van der Waals surface area contributed by atoms with Crippen LogP contribution in [0.5, 0.6) is 0 Å². The summed E-state index contributed by atoms with van der Waals surface area (Å²) < 4.78 is 21.9. The van der Waals surface area contributed by atoms with Crippen molar-refractivity contribution in [1.82, 2.24) is 0 Å². The number of ketones is 1. The fourth-order valence-electron chi connectivity index (χ4n) is 2.60. The van der Waals surface area contributed by atoms with Crippen molar-refractivity contribution < 1.29 is 69.5 Å². The Morgan fingerprint density at radius 2 is 1.42 bits per heavy atom. The molecule has 2 aromatic rings. The van der Waals surface area contributed by atoms with E-state index in [0.717, 1.165) is 25.7 Å². The van der Waals surface area contributed by atoms with Gasteiger partial charge in [0.2, 0.25) is 0 Å². The summed E-state index contributed by atoms with van der Waals surface area (Å²) in [7, 11) is -2.22. The van der Waals surface area contributed by atoms with Gasteiger partial charge in [-0.2, -0.15) is 0 Å². The smallest absolute Gasteiger partial charge is 1.00 e. The molecule has 2 aromatic carbocycles. The summed E-state index contributed by atoms with van der Waals surface area (Å²) in [4.78, 5) is 10.6. The molecule has 0 aromatic heterocycles. The van der Waals surface area contributed by atoms with Crippen molar-refractivity contribution in [3.63, 3.8) is 0 Å². The van der Waals surface area contributed by atoms with Crippen molar-refractivity contribution in [1.29, 1.82) is 0 Å². The zero-order valence-corrected chi connectivity index (χ0v) is 23.4. The van der Waals surface area contributed by atoms with Crippen molar-refractivity contribution >= 4 is 13.1 Å². The molecule has 0 heterocycles. The number of aryl methyl sites for hydroxylation is 2. The van der Waals surface area contributed by atoms with Crippen LogP contribution < -0.4 is 61.8 Å². The average Bonchev–Trinajstić information content (AvgIpc) is 2.73. The summed E-state index contributed by atoms with van der Waals surface area (Å²) in [5.41, 5.74) is 8.58.